The Morgan fingerprint density at radius 2 is 2.18 bits per heavy atom. The highest BCUT2D eigenvalue weighted by Gasteiger charge is 2.20. The molecule has 3 N–H and O–H groups in total. The Morgan fingerprint density at radius 1 is 1.41 bits per heavy atom. The first kappa shape index (κ1) is 12.3. The van der Waals surface area contributed by atoms with Crippen molar-refractivity contribution in [3.8, 4) is 0 Å². The standard InChI is InChI=1S/C13H19N3S/c1-9-4-2-3-5-11(9)16-10-6-7-12(13(14)17)15-8-10/h6-9,11,16H,2-5H2,1H3,(H2,14,17). The molecule has 17 heavy (non-hydrogen) atoms. The van der Waals surface area contributed by atoms with Crippen LogP contribution in [0.3, 0.4) is 0 Å². The predicted molar refractivity (Wildman–Crippen MR) is 75.2 cm³/mol. The Hall–Kier alpha value is -1.16. The Kier molecular flexibility index (Phi) is 3.94. The molecular formula is C13H19N3S. The summed E-state index contributed by atoms with van der Waals surface area (Å²) in [6, 6.07) is 4.45. The first-order chi connectivity index (χ1) is 8.16. The lowest BCUT2D eigenvalue weighted by Gasteiger charge is -2.30. The molecule has 1 aliphatic rings. The van der Waals surface area contributed by atoms with E-state index >= 15 is 0 Å². The third kappa shape index (κ3) is 3.16. The van der Waals surface area contributed by atoms with Crippen LogP contribution in [0.2, 0.25) is 0 Å². The van der Waals surface area contributed by atoms with Gasteiger partial charge < -0.3 is 11.1 Å². The Bertz CT molecular complexity index is 388. The fourth-order valence-electron chi connectivity index (χ4n) is 2.37. The van der Waals surface area contributed by atoms with E-state index in [4.69, 9.17) is 18.0 Å². The molecule has 2 atom stereocenters. The maximum atomic E-state index is 5.52. The molecule has 2 unspecified atom stereocenters. The number of rotatable bonds is 3. The van der Waals surface area contributed by atoms with Gasteiger partial charge in [-0.1, -0.05) is 32.0 Å². The molecule has 0 aliphatic heterocycles. The van der Waals surface area contributed by atoms with Crippen LogP contribution >= 0.6 is 12.2 Å². The second-order valence-corrected chi connectivity index (χ2v) is 5.25. The highest BCUT2D eigenvalue weighted by Crippen LogP contribution is 2.26. The molecule has 1 heterocycles. The molecule has 1 aliphatic carbocycles. The topological polar surface area (TPSA) is 50.9 Å². The molecule has 1 fully saturated rings. The minimum atomic E-state index is 0.350. The zero-order valence-electron chi connectivity index (χ0n) is 10.1. The molecule has 4 heteroatoms. The Morgan fingerprint density at radius 3 is 2.76 bits per heavy atom. The predicted octanol–water partition coefficient (Wildman–Crippen LogP) is 2.71. The minimum Gasteiger partial charge on any atom is -0.388 e. The molecule has 2 rings (SSSR count). The van der Waals surface area contributed by atoms with Gasteiger partial charge in [0.1, 0.15) is 4.99 Å². The van der Waals surface area contributed by atoms with Crippen molar-refractivity contribution < 1.29 is 0 Å². The first-order valence-corrected chi connectivity index (χ1v) is 6.60. The van der Waals surface area contributed by atoms with Crippen LogP contribution in [0.5, 0.6) is 0 Å². The van der Waals surface area contributed by atoms with Crippen molar-refractivity contribution in [2.75, 3.05) is 5.32 Å². The van der Waals surface area contributed by atoms with Crippen molar-refractivity contribution in [2.24, 2.45) is 11.7 Å². The molecule has 0 amide bonds. The molecule has 3 nitrogen and oxygen atoms in total. The van der Waals surface area contributed by atoms with Crippen molar-refractivity contribution >= 4 is 22.9 Å². The summed E-state index contributed by atoms with van der Waals surface area (Å²) in [5, 5.41) is 3.55. The van der Waals surface area contributed by atoms with Gasteiger partial charge in [-0.2, -0.15) is 0 Å². The highest BCUT2D eigenvalue weighted by atomic mass is 32.1. The second kappa shape index (κ2) is 5.45. The summed E-state index contributed by atoms with van der Waals surface area (Å²) in [7, 11) is 0. The van der Waals surface area contributed by atoms with Crippen LogP contribution < -0.4 is 11.1 Å². The molecule has 0 saturated heterocycles. The third-order valence-corrected chi connectivity index (χ3v) is 3.69. The number of pyridine rings is 1. The van der Waals surface area contributed by atoms with Crippen LogP contribution in [0.4, 0.5) is 5.69 Å². The van der Waals surface area contributed by atoms with Crippen LogP contribution in [0, 0.1) is 5.92 Å². The second-order valence-electron chi connectivity index (χ2n) is 4.81. The van der Waals surface area contributed by atoms with Gasteiger partial charge in [0, 0.05) is 6.04 Å². The summed E-state index contributed by atoms with van der Waals surface area (Å²) in [4.78, 5) is 4.59. The summed E-state index contributed by atoms with van der Waals surface area (Å²) in [5.41, 5.74) is 7.26. The Labute approximate surface area is 108 Å². The van der Waals surface area contributed by atoms with Gasteiger partial charge in [-0.3, -0.25) is 4.98 Å². The van der Waals surface area contributed by atoms with Gasteiger partial charge in [-0.15, -0.1) is 0 Å². The molecule has 1 aromatic heterocycles. The van der Waals surface area contributed by atoms with Crippen molar-refractivity contribution in [2.45, 2.75) is 38.6 Å². The lowest BCUT2D eigenvalue weighted by Crippen LogP contribution is -2.30. The van der Waals surface area contributed by atoms with E-state index in [2.05, 4.69) is 17.2 Å². The van der Waals surface area contributed by atoms with Crippen LogP contribution in [-0.4, -0.2) is 16.0 Å². The van der Waals surface area contributed by atoms with E-state index in [1.54, 1.807) is 0 Å². The van der Waals surface area contributed by atoms with Gasteiger partial charge >= 0.3 is 0 Å². The van der Waals surface area contributed by atoms with E-state index < -0.39 is 0 Å². The van der Waals surface area contributed by atoms with Crippen molar-refractivity contribution in [3.63, 3.8) is 0 Å². The summed E-state index contributed by atoms with van der Waals surface area (Å²) in [5.74, 6) is 0.735. The van der Waals surface area contributed by atoms with Crippen molar-refractivity contribution in [1.29, 1.82) is 0 Å². The van der Waals surface area contributed by atoms with Gasteiger partial charge in [-0.05, 0) is 30.9 Å². The number of nitrogens with two attached hydrogens (primary N) is 1. The summed E-state index contributed by atoms with van der Waals surface area (Å²) >= 11 is 4.88. The molecule has 0 aromatic carbocycles. The van der Waals surface area contributed by atoms with Gasteiger partial charge in [0.25, 0.3) is 0 Å². The number of nitrogens with zero attached hydrogens (tertiary/aromatic N) is 1. The zero-order chi connectivity index (χ0) is 12.3. The van der Waals surface area contributed by atoms with E-state index in [-0.39, 0.29) is 0 Å². The van der Waals surface area contributed by atoms with E-state index in [9.17, 15) is 0 Å². The lowest BCUT2D eigenvalue weighted by atomic mass is 9.86. The fraction of sp³-hybridized carbons (Fsp3) is 0.538. The average Bonchev–Trinajstić information content (AvgIpc) is 2.33. The molecule has 0 spiro atoms. The number of hydrogen-bond donors (Lipinski definition) is 2. The molecule has 0 radical (unpaired) electrons. The zero-order valence-corrected chi connectivity index (χ0v) is 11.0. The molecular weight excluding hydrogens is 230 g/mol. The Balaban J connectivity index is 2.00. The number of hydrogen-bond acceptors (Lipinski definition) is 3. The number of thiocarbonyl (C=S) groups is 1. The molecule has 92 valence electrons. The van der Waals surface area contributed by atoms with Crippen LogP contribution in [-0.2, 0) is 0 Å². The summed E-state index contributed by atoms with van der Waals surface area (Å²) < 4.78 is 0. The number of nitrogens with one attached hydrogen (secondary N) is 1. The molecule has 1 aromatic rings. The number of anilines is 1. The summed E-state index contributed by atoms with van der Waals surface area (Å²) in [6.45, 7) is 2.31. The molecule has 1 saturated carbocycles. The van der Waals surface area contributed by atoms with Crippen LogP contribution in [0.15, 0.2) is 18.3 Å². The lowest BCUT2D eigenvalue weighted by molar-refractivity contribution is 0.349. The van der Waals surface area contributed by atoms with Gasteiger partial charge in [0.2, 0.25) is 0 Å². The van der Waals surface area contributed by atoms with Crippen molar-refractivity contribution in [1.82, 2.24) is 4.98 Å². The van der Waals surface area contributed by atoms with Gasteiger partial charge in [0.05, 0.1) is 17.6 Å². The smallest absolute Gasteiger partial charge is 0.122 e. The maximum absolute atomic E-state index is 5.52. The van der Waals surface area contributed by atoms with Crippen LogP contribution in [0.25, 0.3) is 0 Å². The third-order valence-electron chi connectivity index (χ3n) is 3.48. The van der Waals surface area contributed by atoms with E-state index in [1.807, 2.05) is 18.3 Å². The first-order valence-electron chi connectivity index (χ1n) is 6.19. The monoisotopic (exact) mass is 249 g/mol. The van der Waals surface area contributed by atoms with Gasteiger partial charge in [0.15, 0.2) is 0 Å². The fourth-order valence-corrected chi connectivity index (χ4v) is 2.49. The normalized spacial score (nSPS) is 24.3. The average molecular weight is 249 g/mol. The largest absolute Gasteiger partial charge is 0.388 e. The van der Waals surface area contributed by atoms with E-state index in [0.29, 0.717) is 16.7 Å². The SMILES string of the molecule is CC1CCCCC1Nc1ccc(C(N)=S)nc1. The summed E-state index contributed by atoms with van der Waals surface area (Å²) in [6.07, 6.45) is 7.06. The molecule has 0 bridgehead atoms. The van der Waals surface area contributed by atoms with Gasteiger partial charge in [-0.25, -0.2) is 0 Å². The quantitative estimate of drug-likeness (QED) is 0.809. The van der Waals surface area contributed by atoms with E-state index in [1.165, 1.54) is 25.7 Å². The maximum Gasteiger partial charge on any atom is 0.122 e. The number of aromatic nitrogens is 1. The minimum absolute atomic E-state index is 0.350. The van der Waals surface area contributed by atoms with E-state index in [0.717, 1.165) is 11.6 Å². The van der Waals surface area contributed by atoms with Crippen molar-refractivity contribution in [3.05, 3.63) is 24.0 Å². The van der Waals surface area contributed by atoms with Crippen LogP contribution in [0.1, 0.15) is 38.3 Å². The highest BCUT2D eigenvalue weighted by molar-refractivity contribution is 7.80.